The number of carboxylic acids is 1. The fourth-order valence-corrected chi connectivity index (χ4v) is 5.35. The molecule has 8 heteroatoms. The van der Waals surface area contributed by atoms with E-state index < -0.39 is 12.1 Å². The number of aromatic nitrogens is 2. The van der Waals surface area contributed by atoms with Crippen LogP contribution in [-0.4, -0.2) is 37.7 Å². The molecule has 27 heavy (non-hydrogen) atoms. The second-order valence-corrected chi connectivity index (χ2v) is 8.99. The lowest BCUT2D eigenvalue weighted by atomic mass is 9.89. The molecule has 0 bridgehead atoms. The molecule has 1 saturated carbocycles. The zero-order valence-electron chi connectivity index (χ0n) is 15.0. The minimum Gasteiger partial charge on any atom is -0.477 e. The number of hydrogen-bond donors (Lipinski definition) is 2. The molecule has 1 aliphatic carbocycles. The van der Waals surface area contributed by atoms with Crippen LogP contribution in [0.4, 0.5) is 0 Å². The van der Waals surface area contributed by atoms with Crippen molar-refractivity contribution in [1.29, 1.82) is 0 Å². The first kappa shape index (κ1) is 20.0. The van der Waals surface area contributed by atoms with Crippen LogP contribution in [0.5, 0.6) is 0 Å². The number of ketones is 1. The summed E-state index contributed by atoms with van der Waals surface area (Å²) in [5.41, 5.74) is 1.55. The van der Waals surface area contributed by atoms with E-state index >= 15 is 0 Å². The molecule has 0 aromatic carbocycles. The van der Waals surface area contributed by atoms with Crippen molar-refractivity contribution in [3.05, 3.63) is 40.7 Å². The Kier molecular flexibility index (Phi) is 6.62. The van der Waals surface area contributed by atoms with E-state index in [1.165, 1.54) is 29.3 Å². The topological polar surface area (TPSA) is 100 Å². The first-order valence-electron chi connectivity index (χ1n) is 8.98. The summed E-state index contributed by atoms with van der Waals surface area (Å²) in [7, 11) is 0. The number of carboxylic acid groups (broad SMARTS) is 1. The van der Waals surface area contributed by atoms with Crippen molar-refractivity contribution in [3.63, 3.8) is 0 Å². The van der Waals surface area contributed by atoms with Crippen molar-refractivity contribution in [2.75, 3.05) is 5.75 Å². The summed E-state index contributed by atoms with van der Waals surface area (Å²) in [5, 5.41) is 18.9. The van der Waals surface area contributed by atoms with E-state index in [9.17, 15) is 14.7 Å². The van der Waals surface area contributed by atoms with Gasteiger partial charge < -0.3 is 10.2 Å². The van der Waals surface area contributed by atoms with Gasteiger partial charge in [-0.05, 0) is 36.8 Å². The van der Waals surface area contributed by atoms with Gasteiger partial charge in [0.2, 0.25) is 0 Å². The number of thioether (sulfide) groups is 1. The zero-order chi connectivity index (χ0) is 19.4. The lowest BCUT2D eigenvalue weighted by molar-refractivity contribution is -0.119. The maximum absolute atomic E-state index is 12.4. The van der Waals surface area contributed by atoms with Gasteiger partial charge in [-0.15, -0.1) is 11.3 Å². The van der Waals surface area contributed by atoms with Crippen molar-refractivity contribution in [2.45, 2.75) is 49.0 Å². The van der Waals surface area contributed by atoms with E-state index in [2.05, 4.69) is 9.97 Å². The van der Waals surface area contributed by atoms with Gasteiger partial charge in [0.25, 0.3) is 0 Å². The van der Waals surface area contributed by atoms with E-state index in [1.54, 1.807) is 6.20 Å². The van der Waals surface area contributed by atoms with Crippen LogP contribution in [0.1, 0.15) is 65.6 Å². The normalized spacial score (nSPS) is 20.7. The molecule has 6 nitrogen and oxygen atoms in total. The predicted octanol–water partition coefficient (Wildman–Crippen LogP) is 3.92. The van der Waals surface area contributed by atoms with Gasteiger partial charge in [-0.2, -0.15) is 0 Å². The highest BCUT2D eigenvalue weighted by atomic mass is 32.2. The van der Waals surface area contributed by atoms with Crippen molar-refractivity contribution >= 4 is 34.9 Å². The third-order valence-corrected chi connectivity index (χ3v) is 7.06. The second kappa shape index (κ2) is 8.95. The molecular formula is C19H22N2O4S2. The predicted molar refractivity (Wildman–Crippen MR) is 104 cm³/mol. The number of nitrogens with zero attached hydrogens (tertiary/aromatic N) is 2. The molecule has 3 rings (SSSR count). The molecule has 144 valence electrons. The molecule has 2 heterocycles. The van der Waals surface area contributed by atoms with Crippen LogP contribution < -0.4 is 0 Å². The Balaban J connectivity index is 1.61. The number of aliphatic hydroxyl groups excluding tert-OH is 1. The van der Waals surface area contributed by atoms with Crippen LogP contribution in [0.15, 0.2) is 28.9 Å². The SMILES string of the molecule is CCC(O)c1ccc(C2C(=O)CCC2CCSc2ncc(C(=O)O)s2)nc1. The summed E-state index contributed by atoms with van der Waals surface area (Å²) in [6, 6.07) is 3.72. The van der Waals surface area contributed by atoms with E-state index in [0.717, 1.165) is 34.2 Å². The van der Waals surface area contributed by atoms with E-state index in [0.29, 0.717) is 12.8 Å². The number of Topliss-reactive ketones (excluding diaryl/α,β-unsaturated/α-hetero) is 1. The van der Waals surface area contributed by atoms with Crippen molar-refractivity contribution < 1.29 is 19.8 Å². The summed E-state index contributed by atoms with van der Waals surface area (Å²) >= 11 is 2.71. The standard InChI is InChI=1S/C19H22N2O4S2/c1-2-14(22)12-3-5-13(20-9-12)17-11(4-6-15(17)23)7-8-26-19-21-10-16(27-19)18(24)25/h3,5,9-11,14,17,22H,2,4,6-8H2,1H3,(H,24,25). The molecule has 0 aliphatic heterocycles. The Morgan fingerprint density at radius 1 is 1.37 bits per heavy atom. The van der Waals surface area contributed by atoms with E-state index in [4.69, 9.17) is 5.11 Å². The summed E-state index contributed by atoms with van der Waals surface area (Å²) in [6.07, 6.45) is 5.43. The monoisotopic (exact) mass is 406 g/mol. The lowest BCUT2D eigenvalue weighted by Gasteiger charge is -2.18. The Morgan fingerprint density at radius 3 is 2.81 bits per heavy atom. The minimum absolute atomic E-state index is 0.190. The van der Waals surface area contributed by atoms with Crippen LogP contribution >= 0.6 is 23.1 Å². The minimum atomic E-state index is -0.955. The summed E-state index contributed by atoms with van der Waals surface area (Å²) in [6.45, 7) is 1.91. The first-order valence-corrected chi connectivity index (χ1v) is 10.8. The van der Waals surface area contributed by atoms with Crippen LogP contribution in [0.25, 0.3) is 0 Å². The Hall–Kier alpha value is -1.77. The maximum Gasteiger partial charge on any atom is 0.347 e. The van der Waals surface area contributed by atoms with Crippen molar-refractivity contribution in [2.24, 2.45) is 5.92 Å². The van der Waals surface area contributed by atoms with Crippen LogP contribution in [0.3, 0.4) is 0 Å². The average Bonchev–Trinajstić information content (AvgIpc) is 3.28. The third-order valence-electron chi connectivity index (χ3n) is 4.89. The van der Waals surface area contributed by atoms with Crippen LogP contribution in [0, 0.1) is 5.92 Å². The molecule has 0 radical (unpaired) electrons. The molecule has 0 amide bonds. The van der Waals surface area contributed by atoms with Crippen LogP contribution in [-0.2, 0) is 4.79 Å². The second-order valence-electron chi connectivity index (χ2n) is 6.62. The van der Waals surface area contributed by atoms with Crippen molar-refractivity contribution in [3.8, 4) is 0 Å². The molecule has 1 fully saturated rings. The molecule has 2 aromatic rings. The maximum atomic E-state index is 12.4. The quantitative estimate of drug-likeness (QED) is 0.641. The fraction of sp³-hybridized carbons (Fsp3) is 0.474. The highest BCUT2D eigenvalue weighted by molar-refractivity contribution is 8.01. The Morgan fingerprint density at radius 2 is 2.19 bits per heavy atom. The zero-order valence-corrected chi connectivity index (χ0v) is 16.6. The number of aromatic carboxylic acids is 1. The Bertz CT molecular complexity index is 806. The van der Waals surface area contributed by atoms with Gasteiger partial charge >= 0.3 is 5.97 Å². The number of pyridine rings is 1. The lowest BCUT2D eigenvalue weighted by Crippen LogP contribution is -2.15. The van der Waals surface area contributed by atoms with Gasteiger partial charge in [0.05, 0.1) is 23.9 Å². The Labute approximate surface area is 166 Å². The molecule has 2 N–H and O–H groups in total. The van der Waals surface area contributed by atoms with Gasteiger partial charge in [-0.3, -0.25) is 9.78 Å². The smallest absolute Gasteiger partial charge is 0.347 e. The first-order chi connectivity index (χ1) is 13.0. The van der Waals surface area contributed by atoms with Gasteiger partial charge in [-0.25, -0.2) is 9.78 Å². The summed E-state index contributed by atoms with van der Waals surface area (Å²) in [4.78, 5) is 32.1. The number of carbonyl (C=O) groups is 2. The number of carbonyl (C=O) groups excluding carboxylic acids is 1. The molecule has 0 spiro atoms. The van der Waals surface area contributed by atoms with Gasteiger partial charge in [0, 0.05) is 18.4 Å². The molecule has 3 unspecified atom stereocenters. The number of hydrogen-bond acceptors (Lipinski definition) is 7. The van der Waals surface area contributed by atoms with E-state index in [1.807, 2.05) is 19.1 Å². The van der Waals surface area contributed by atoms with Crippen LogP contribution in [0.2, 0.25) is 0 Å². The highest BCUT2D eigenvalue weighted by Gasteiger charge is 2.36. The number of rotatable bonds is 8. The summed E-state index contributed by atoms with van der Waals surface area (Å²) in [5.74, 6) is 0.100. The molecule has 0 saturated heterocycles. The van der Waals surface area contributed by atoms with Crippen molar-refractivity contribution in [1.82, 2.24) is 9.97 Å². The molecule has 2 aromatic heterocycles. The van der Waals surface area contributed by atoms with E-state index in [-0.39, 0.29) is 22.5 Å². The van der Waals surface area contributed by atoms with Gasteiger partial charge in [0.15, 0.2) is 4.34 Å². The fourth-order valence-electron chi connectivity index (χ4n) is 3.38. The number of aliphatic hydroxyl groups is 1. The highest BCUT2D eigenvalue weighted by Crippen LogP contribution is 2.39. The molecule has 1 aliphatic rings. The largest absolute Gasteiger partial charge is 0.477 e. The van der Waals surface area contributed by atoms with Gasteiger partial charge in [-0.1, -0.05) is 24.8 Å². The number of thiazole rings is 1. The van der Waals surface area contributed by atoms with Gasteiger partial charge in [0.1, 0.15) is 10.7 Å². The molecule has 3 atom stereocenters. The molecular weight excluding hydrogens is 384 g/mol. The third kappa shape index (κ3) is 4.75. The average molecular weight is 407 g/mol. The summed E-state index contributed by atoms with van der Waals surface area (Å²) < 4.78 is 0.740.